The highest BCUT2D eigenvalue weighted by molar-refractivity contribution is 7.13. The van der Waals surface area contributed by atoms with Gasteiger partial charge in [-0.15, -0.1) is 16.4 Å². The minimum atomic E-state index is -0.965. The van der Waals surface area contributed by atoms with Crippen molar-refractivity contribution in [3.63, 3.8) is 0 Å². The maximum atomic E-state index is 10.7. The van der Waals surface area contributed by atoms with Gasteiger partial charge in [-0.1, -0.05) is 19.8 Å². The summed E-state index contributed by atoms with van der Waals surface area (Å²) in [6.07, 6.45) is 7.22. The summed E-state index contributed by atoms with van der Waals surface area (Å²) in [4.78, 5) is 12.7. The van der Waals surface area contributed by atoms with Crippen molar-refractivity contribution in [1.82, 2.24) is 20.6 Å². The van der Waals surface area contributed by atoms with Crippen LogP contribution in [0.2, 0.25) is 0 Å². The molecule has 0 aliphatic heterocycles. The second kappa shape index (κ2) is 6.95. The van der Waals surface area contributed by atoms with Gasteiger partial charge in [-0.05, 0) is 35.4 Å². The number of thiophene rings is 1. The van der Waals surface area contributed by atoms with E-state index in [2.05, 4.69) is 27.5 Å². The number of unbranched alkanes of at least 4 members (excludes halogenated alkanes) is 2. The number of nitrogens with zero attached hydrogens (tertiary/aromatic N) is 3. The minimum absolute atomic E-state index is 0.563. The number of aliphatic carboxylic acids is 1. The van der Waals surface area contributed by atoms with E-state index in [4.69, 9.17) is 5.11 Å². The van der Waals surface area contributed by atoms with Crippen LogP contribution in [0.5, 0.6) is 0 Å². The van der Waals surface area contributed by atoms with Crippen LogP contribution in [0, 0.1) is 0 Å². The average molecular weight is 292 g/mol. The lowest BCUT2D eigenvalue weighted by Gasteiger charge is -1.94. The monoisotopic (exact) mass is 292 g/mol. The Hall–Kier alpha value is -2.02. The molecule has 6 nitrogen and oxygen atoms in total. The first-order valence-corrected chi connectivity index (χ1v) is 7.30. The fraction of sp³-hybridized carbons (Fsp3) is 0.385. The smallest absolute Gasteiger partial charge is 0.328 e. The van der Waals surface area contributed by atoms with Gasteiger partial charge >= 0.3 is 5.97 Å². The number of hydrogen-bond donors (Lipinski definition) is 2. The van der Waals surface area contributed by atoms with Crippen LogP contribution in [-0.2, 0) is 11.2 Å². The van der Waals surface area contributed by atoms with E-state index in [0.29, 0.717) is 5.82 Å². The average Bonchev–Trinajstić information content (AvgIpc) is 3.05. The fourth-order valence-corrected chi connectivity index (χ4v) is 2.97. The number of tetrazole rings is 1. The molecule has 0 saturated carbocycles. The van der Waals surface area contributed by atoms with Crippen LogP contribution < -0.4 is 0 Å². The highest BCUT2D eigenvalue weighted by Crippen LogP contribution is 2.31. The van der Waals surface area contributed by atoms with Crippen LogP contribution in [0.4, 0.5) is 0 Å². The van der Waals surface area contributed by atoms with Crippen LogP contribution in [0.1, 0.15) is 35.9 Å². The van der Waals surface area contributed by atoms with Crippen molar-refractivity contribution in [2.24, 2.45) is 0 Å². The van der Waals surface area contributed by atoms with E-state index in [1.165, 1.54) is 17.7 Å². The number of aryl methyl sites for hydroxylation is 1. The van der Waals surface area contributed by atoms with E-state index < -0.39 is 5.97 Å². The van der Waals surface area contributed by atoms with E-state index in [-0.39, 0.29) is 0 Å². The Bertz CT molecular complexity index is 590. The second-order valence-electron chi connectivity index (χ2n) is 4.37. The van der Waals surface area contributed by atoms with E-state index in [0.717, 1.165) is 29.4 Å². The van der Waals surface area contributed by atoms with Crippen molar-refractivity contribution < 1.29 is 9.90 Å². The molecule has 0 unspecified atom stereocenters. The molecule has 0 aliphatic carbocycles. The third-order valence-electron chi connectivity index (χ3n) is 2.82. The zero-order valence-electron chi connectivity index (χ0n) is 11.2. The molecule has 0 aromatic carbocycles. The first kappa shape index (κ1) is 14.4. The van der Waals surface area contributed by atoms with Crippen molar-refractivity contribution in [2.45, 2.75) is 32.6 Å². The minimum Gasteiger partial charge on any atom is -0.478 e. The Labute approximate surface area is 120 Å². The molecular weight excluding hydrogens is 276 g/mol. The third-order valence-corrected chi connectivity index (χ3v) is 3.98. The topological polar surface area (TPSA) is 91.8 Å². The van der Waals surface area contributed by atoms with Crippen molar-refractivity contribution in [2.75, 3.05) is 0 Å². The highest BCUT2D eigenvalue weighted by atomic mass is 32.1. The number of nitrogens with one attached hydrogen (secondary N) is 1. The van der Waals surface area contributed by atoms with E-state index in [9.17, 15) is 4.79 Å². The van der Waals surface area contributed by atoms with Crippen molar-refractivity contribution in [1.29, 1.82) is 0 Å². The lowest BCUT2D eigenvalue weighted by atomic mass is 10.1. The van der Waals surface area contributed by atoms with Crippen molar-refractivity contribution in [3.8, 4) is 11.4 Å². The summed E-state index contributed by atoms with van der Waals surface area (Å²) >= 11 is 1.58. The summed E-state index contributed by atoms with van der Waals surface area (Å²) in [6.45, 7) is 2.17. The Morgan fingerprint density at radius 2 is 2.35 bits per heavy atom. The zero-order chi connectivity index (χ0) is 14.4. The Kier molecular flexibility index (Phi) is 5.00. The predicted molar refractivity (Wildman–Crippen MR) is 77.4 cm³/mol. The number of aromatic nitrogens is 4. The molecule has 0 radical (unpaired) electrons. The maximum absolute atomic E-state index is 10.7. The van der Waals surface area contributed by atoms with E-state index in [1.807, 2.05) is 6.07 Å². The molecule has 0 aliphatic rings. The molecule has 0 fully saturated rings. The van der Waals surface area contributed by atoms with Gasteiger partial charge in [-0.25, -0.2) is 9.89 Å². The van der Waals surface area contributed by atoms with Crippen LogP contribution in [-0.4, -0.2) is 31.7 Å². The van der Waals surface area contributed by atoms with Crippen molar-refractivity contribution >= 4 is 23.4 Å². The summed E-state index contributed by atoms with van der Waals surface area (Å²) < 4.78 is 0. The standard InChI is InChI=1S/C13H16N4O2S/c1-2-3-4-5-9-8-10(13-14-16-17-15-13)11(20-9)6-7-12(18)19/h6-8H,2-5H2,1H3,(H,18,19)(H,14,15,16,17). The molecule has 106 valence electrons. The van der Waals surface area contributed by atoms with Crippen LogP contribution in [0.15, 0.2) is 12.1 Å². The van der Waals surface area contributed by atoms with Crippen LogP contribution >= 0.6 is 11.3 Å². The number of carboxylic acids is 1. The third kappa shape index (κ3) is 3.74. The van der Waals surface area contributed by atoms with Gasteiger partial charge in [-0.2, -0.15) is 0 Å². The summed E-state index contributed by atoms with van der Waals surface area (Å²) in [7, 11) is 0. The van der Waals surface area contributed by atoms with Gasteiger partial charge in [0, 0.05) is 21.4 Å². The molecule has 20 heavy (non-hydrogen) atoms. The van der Waals surface area contributed by atoms with Crippen LogP contribution in [0.3, 0.4) is 0 Å². The normalized spacial score (nSPS) is 11.2. The Morgan fingerprint density at radius 1 is 1.50 bits per heavy atom. The molecule has 0 amide bonds. The van der Waals surface area contributed by atoms with Gasteiger partial charge in [0.2, 0.25) is 0 Å². The summed E-state index contributed by atoms with van der Waals surface area (Å²) in [5.74, 6) is -0.402. The number of aromatic amines is 1. The van der Waals surface area contributed by atoms with Gasteiger partial charge in [-0.3, -0.25) is 0 Å². The van der Waals surface area contributed by atoms with Gasteiger partial charge in [0.15, 0.2) is 5.82 Å². The number of rotatable bonds is 7. The van der Waals surface area contributed by atoms with E-state index in [1.54, 1.807) is 17.4 Å². The Morgan fingerprint density at radius 3 is 3.00 bits per heavy atom. The molecule has 2 N–H and O–H groups in total. The summed E-state index contributed by atoms with van der Waals surface area (Å²) in [5.41, 5.74) is 0.851. The largest absolute Gasteiger partial charge is 0.478 e. The molecule has 2 rings (SSSR count). The zero-order valence-corrected chi connectivity index (χ0v) is 12.0. The molecule has 0 bridgehead atoms. The molecule has 0 saturated heterocycles. The number of carboxylic acid groups (broad SMARTS) is 1. The van der Waals surface area contributed by atoms with Gasteiger partial charge in [0.05, 0.1) is 0 Å². The first-order chi connectivity index (χ1) is 9.70. The molecule has 2 heterocycles. The highest BCUT2D eigenvalue weighted by Gasteiger charge is 2.12. The molecule has 2 aromatic rings. The predicted octanol–water partition coefficient (Wildman–Crippen LogP) is 2.76. The SMILES string of the molecule is CCCCCc1cc(-c2nnn[nH]2)c(C=CC(=O)O)s1. The maximum Gasteiger partial charge on any atom is 0.328 e. The van der Waals surface area contributed by atoms with Crippen LogP contribution in [0.25, 0.3) is 17.5 Å². The van der Waals surface area contributed by atoms with Gasteiger partial charge in [0.25, 0.3) is 0 Å². The molecule has 7 heteroatoms. The fourth-order valence-electron chi connectivity index (χ4n) is 1.86. The molecule has 2 aromatic heterocycles. The van der Waals surface area contributed by atoms with Crippen molar-refractivity contribution in [3.05, 3.63) is 21.9 Å². The molecule has 0 spiro atoms. The quantitative estimate of drug-likeness (QED) is 0.604. The summed E-state index contributed by atoms with van der Waals surface area (Å²) in [6, 6.07) is 2.03. The number of hydrogen-bond acceptors (Lipinski definition) is 5. The number of H-pyrrole nitrogens is 1. The molecule has 0 atom stereocenters. The van der Waals surface area contributed by atoms with E-state index >= 15 is 0 Å². The second-order valence-corrected chi connectivity index (χ2v) is 5.54. The van der Waals surface area contributed by atoms with Gasteiger partial charge in [0.1, 0.15) is 0 Å². The number of carbonyl (C=O) groups is 1. The summed E-state index contributed by atoms with van der Waals surface area (Å²) in [5, 5.41) is 22.5. The molecular formula is C13H16N4O2S. The van der Waals surface area contributed by atoms with Gasteiger partial charge < -0.3 is 5.11 Å². The Balaban J connectivity index is 2.25. The lowest BCUT2D eigenvalue weighted by molar-refractivity contribution is -0.131. The lowest BCUT2D eigenvalue weighted by Crippen LogP contribution is -1.86. The first-order valence-electron chi connectivity index (χ1n) is 6.48.